The van der Waals surface area contributed by atoms with Gasteiger partial charge in [-0.15, -0.1) is 11.8 Å². The number of piperazine rings is 2. The molecule has 4 fully saturated rings. The van der Waals surface area contributed by atoms with Crippen LogP contribution in [0.4, 0.5) is 17.1 Å². The van der Waals surface area contributed by atoms with Crippen molar-refractivity contribution < 1.29 is 37.3 Å². The first-order valence-electron chi connectivity index (χ1n) is 31.0. The van der Waals surface area contributed by atoms with Crippen LogP contribution in [0.5, 0.6) is 11.5 Å². The van der Waals surface area contributed by atoms with E-state index in [9.17, 15) is 37.7 Å². The summed E-state index contributed by atoms with van der Waals surface area (Å²) in [7, 11) is -4.62. The number of rotatable bonds is 20. The van der Waals surface area contributed by atoms with Crippen molar-refractivity contribution in [3.8, 4) is 11.5 Å². The molecule has 0 spiro atoms. The number of sulfonamides is 1. The van der Waals surface area contributed by atoms with Gasteiger partial charge in [-0.25, -0.2) is 18.1 Å². The Kier molecular flexibility index (Phi) is 18.5. The highest BCUT2D eigenvalue weighted by molar-refractivity contribution is 7.99. The third-order valence-electron chi connectivity index (χ3n) is 18.8. The summed E-state index contributed by atoms with van der Waals surface area (Å²) in [5, 5.41) is 19.7. The second-order valence-electron chi connectivity index (χ2n) is 25.3. The number of hydrogen-bond acceptors (Lipinski definition) is 16. The van der Waals surface area contributed by atoms with Crippen LogP contribution < -0.4 is 25.0 Å². The lowest BCUT2D eigenvalue weighted by molar-refractivity contribution is -0.384. The molecule has 468 valence electrons. The molecule has 4 aromatic carbocycles. The summed E-state index contributed by atoms with van der Waals surface area (Å²) in [6.45, 7) is 14.4. The number of allylic oxidation sites excluding steroid dienone is 1. The molecule has 1 atom stereocenters. The molecular formula is C66H76ClN11O9S2. The number of halogens is 1. The van der Waals surface area contributed by atoms with Crippen molar-refractivity contribution in [3.63, 3.8) is 0 Å². The van der Waals surface area contributed by atoms with Crippen LogP contribution in [0, 0.1) is 21.4 Å². The zero-order valence-corrected chi connectivity index (χ0v) is 52.7. The molecule has 4 amide bonds. The average Bonchev–Trinajstić information content (AvgIpc) is 2.60. The van der Waals surface area contributed by atoms with Crippen molar-refractivity contribution in [3.05, 3.63) is 146 Å². The number of benzene rings is 4. The lowest BCUT2D eigenvalue weighted by Crippen LogP contribution is -2.52. The van der Waals surface area contributed by atoms with E-state index in [0.29, 0.717) is 55.6 Å². The SMILES string of the molecule is CC1(C)CCC(CN2CCN(c3ccc(C(=O)NS(=O)(=O)c4ccc(NC[C@H]5CC[C@@H](N6CCN(CCCSc7cccc8c7CN(C7CCC(=O)NC7=O)C8=O)CC6)CC5)c([N+](=O)[O-])c4)c(Oc4cnc5[nH]ccc5c4)c3)CC2)=C(c2ccc(Cl)cc2)C1. The molecule has 89 heavy (non-hydrogen) atoms. The van der Waals surface area contributed by atoms with Gasteiger partial charge in [0.25, 0.3) is 27.5 Å². The topological polar surface area (TPSA) is 236 Å². The van der Waals surface area contributed by atoms with E-state index in [-0.39, 0.29) is 46.6 Å². The number of aromatic nitrogens is 2. The maximum absolute atomic E-state index is 14.2. The molecular weight excluding hydrogens is 1190 g/mol. The Morgan fingerprint density at radius 1 is 0.888 bits per heavy atom. The van der Waals surface area contributed by atoms with Crippen molar-refractivity contribution in [2.45, 2.75) is 106 Å². The van der Waals surface area contributed by atoms with E-state index in [1.165, 1.54) is 35.0 Å². The number of carbonyl (C=O) groups excluding carboxylic acids is 4. The first-order chi connectivity index (χ1) is 42.9. The molecule has 6 heterocycles. The van der Waals surface area contributed by atoms with Crippen LogP contribution in [0.3, 0.4) is 0 Å². The Morgan fingerprint density at radius 2 is 1.66 bits per heavy atom. The third-order valence-corrected chi connectivity index (χ3v) is 21.5. The number of pyridine rings is 1. The second kappa shape index (κ2) is 26.6. The van der Waals surface area contributed by atoms with Crippen molar-refractivity contribution in [2.75, 3.05) is 88.0 Å². The number of amides is 4. The van der Waals surface area contributed by atoms with Gasteiger partial charge in [0.1, 0.15) is 28.9 Å². The molecule has 2 aliphatic carbocycles. The smallest absolute Gasteiger partial charge is 0.293 e. The van der Waals surface area contributed by atoms with Crippen LogP contribution in [-0.4, -0.2) is 156 Å². The minimum atomic E-state index is -4.62. The van der Waals surface area contributed by atoms with Crippen molar-refractivity contribution >= 4 is 90.7 Å². The van der Waals surface area contributed by atoms with Gasteiger partial charge in [-0.2, -0.15) is 0 Å². The first-order valence-corrected chi connectivity index (χ1v) is 33.9. The number of hydrogen-bond donors (Lipinski definition) is 4. The summed E-state index contributed by atoms with van der Waals surface area (Å²) in [5.74, 6) is -0.180. The number of piperidine rings is 1. The number of fused-ring (bicyclic) bond motifs is 2. The summed E-state index contributed by atoms with van der Waals surface area (Å²) < 4.78 is 36.6. The molecule has 1 saturated carbocycles. The lowest BCUT2D eigenvalue weighted by atomic mass is 9.72. The van der Waals surface area contributed by atoms with Gasteiger partial charge in [0.05, 0.1) is 21.6 Å². The van der Waals surface area contributed by atoms with Gasteiger partial charge in [0.15, 0.2) is 0 Å². The summed E-state index contributed by atoms with van der Waals surface area (Å²) in [6, 6.07) is 26.2. The first kappa shape index (κ1) is 61.9. The zero-order chi connectivity index (χ0) is 62.0. The Balaban J connectivity index is 0.622. The number of H-pyrrole nitrogens is 1. The van der Waals surface area contributed by atoms with Crippen molar-refractivity contribution in [2.24, 2.45) is 11.3 Å². The van der Waals surface area contributed by atoms with E-state index in [4.69, 9.17) is 16.3 Å². The number of nitro benzene ring substituents is 1. The predicted molar refractivity (Wildman–Crippen MR) is 345 cm³/mol. The van der Waals surface area contributed by atoms with Gasteiger partial charge in [0.2, 0.25) is 11.8 Å². The molecule has 23 heteroatoms. The molecule has 20 nitrogen and oxygen atoms in total. The number of carbonyl (C=O) groups is 4. The van der Waals surface area contributed by atoms with Crippen LogP contribution in [0.2, 0.25) is 5.02 Å². The summed E-state index contributed by atoms with van der Waals surface area (Å²) in [5.41, 5.74) is 7.09. The molecule has 1 unspecified atom stereocenters. The number of imide groups is 1. The van der Waals surface area contributed by atoms with E-state index < -0.39 is 43.4 Å². The molecule has 6 aliphatic rings. The van der Waals surface area contributed by atoms with Gasteiger partial charge in [-0.3, -0.25) is 44.4 Å². The van der Waals surface area contributed by atoms with Crippen molar-refractivity contribution in [1.29, 1.82) is 0 Å². The van der Waals surface area contributed by atoms with Gasteiger partial charge in [0, 0.05) is 129 Å². The Labute approximate surface area is 528 Å². The van der Waals surface area contributed by atoms with Crippen LogP contribution in [0.25, 0.3) is 16.6 Å². The van der Waals surface area contributed by atoms with Crippen LogP contribution in [0.1, 0.15) is 110 Å². The Morgan fingerprint density at radius 3 is 2.43 bits per heavy atom. The maximum atomic E-state index is 14.2. The van der Waals surface area contributed by atoms with Gasteiger partial charge in [-0.05, 0) is 159 Å². The van der Waals surface area contributed by atoms with Gasteiger partial charge < -0.3 is 29.7 Å². The van der Waals surface area contributed by atoms with E-state index in [2.05, 4.69) is 70.9 Å². The number of anilines is 2. The van der Waals surface area contributed by atoms with E-state index >= 15 is 0 Å². The highest BCUT2D eigenvalue weighted by Crippen LogP contribution is 2.44. The number of nitro groups is 1. The van der Waals surface area contributed by atoms with Crippen LogP contribution in [-0.2, 0) is 26.2 Å². The largest absolute Gasteiger partial charge is 0.455 e. The van der Waals surface area contributed by atoms with E-state index in [0.717, 1.165) is 142 Å². The van der Waals surface area contributed by atoms with Gasteiger partial charge in [-0.1, -0.05) is 49.2 Å². The van der Waals surface area contributed by atoms with E-state index in [1.807, 2.05) is 36.4 Å². The molecule has 6 aromatic rings. The molecule has 2 aromatic heterocycles. The number of nitrogens with one attached hydrogen (secondary N) is 4. The van der Waals surface area contributed by atoms with Crippen LogP contribution in [0.15, 0.2) is 119 Å². The Bertz CT molecular complexity index is 3820. The minimum absolute atomic E-state index is 0.0451. The molecule has 0 bridgehead atoms. The fraction of sp³-hybridized carbons (Fsp3) is 0.439. The fourth-order valence-corrected chi connectivity index (χ4v) is 15.8. The summed E-state index contributed by atoms with van der Waals surface area (Å²) in [6.07, 6.45) is 12.0. The summed E-state index contributed by atoms with van der Waals surface area (Å²) >= 11 is 8.03. The fourth-order valence-electron chi connectivity index (χ4n) is 13.7. The number of nitrogens with zero attached hydrogens (tertiary/aromatic N) is 7. The number of ether oxygens (including phenoxy) is 1. The standard InChI is InChI=1S/C66H76ClN11O9S2/c1-66(2)23-21-46(54(38-66)44-9-11-47(67)12-10-44)41-74-28-32-76(33-29-74)49-15-17-53(59(36-49)87-50-35-45-22-24-68-62(45)70-40-50)63(80)72-89(85,86)51-16-18-56(58(37-51)78(83)84)69-39-43-7-13-48(14-8-43)75-30-26-73(27-31-75)25-4-34-88-60-6-3-5-52-55(60)42-77(65(52)82)57-19-20-61(79)71-64(57)81/h3,5-6,9-12,15-18,22,24,35-37,40,43,48,57,69H,4,7-8,13-14,19-21,23,25-34,38-39,41-42H2,1-2H3,(H,68,70)(H,72,80)(H,71,79,81)/t43-,48+,57?. The zero-order valence-electron chi connectivity index (χ0n) is 50.3. The maximum Gasteiger partial charge on any atom is 0.293 e. The third kappa shape index (κ3) is 14.3. The molecule has 0 radical (unpaired) electrons. The number of thioether (sulfide) groups is 1. The quantitative estimate of drug-likeness (QED) is 0.0183. The minimum Gasteiger partial charge on any atom is -0.455 e. The van der Waals surface area contributed by atoms with Gasteiger partial charge >= 0.3 is 0 Å². The van der Waals surface area contributed by atoms with Crippen molar-refractivity contribution in [1.82, 2.24) is 39.6 Å². The normalized spacial score (nSPS) is 21.2. The summed E-state index contributed by atoms with van der Waals surface area (Å²) in [4.78, 5) is 83.3. The van der Waals surface area contributed by atoms with E-state index in [1.54, 1.807) is 47.1 Å². The lowest BCUT2D eigenvalue weighted by Gasteiger charge is -2.42. The molecule has 4 N–H and O–H groups in total. The molecule has 3 saturated heterocycles. The molecule has 12 rings (SSSR count). The second-order valence-corrected chi connectivity index (χ2v) is 28.5. The number of aromatic amines is 1. The molecule has 4 aliphatic heterocycles. The average molecular weight is 1270 g/mol. The van der Waals surface area contributed by atoms with Crippen LogP contribution >= 0.6 is 23.4 Å². The highest BCUT2D eigenvalue weighted by Gasteiger charge is 2.40. The highest BCUT2D eigenvalue weighted by atomic mass is 35.5. The predicted octanol–water partition coefficient (Wildman–Crippen LogP) is 10.4. The monoisotopic (exact) mass is 1270 g/mol. The Hall–Kier alpha value is -7.34.